The summed E-state index contributed by atoms with van der Waals surface area (Å²) in [6, 6.07) is 0. The standard InChI is InChI=1S/C74H144O17P2/c1-9-67(8)53-45-37-29-23-25-33-41-49-57-74(79)91-70(61-85-72(77)55-47-39-31-24-22-28-36-44-52-66(6)7)63-89-93(82,83)87-59-68(75)58-86-92(80,81)88-62-69(90-73(78)56-48-40-32-21-17-16-19-27-35-43-51-65(4)5)60-84-71(76)54-46-38-30-20-15-13-11-10-12-14-18-26-34-42-50-64(2)3/h64-70,75H,9-63H2,1-8H3,(H,80,81)(H,82,83)/t67?,68?,69-,70-/m1/s1. The maximum atomic E-state index is 13.1. The van der Waals surface area contributed by atoms with Crippen LogP contribution >= 0.6 is 15.6 Å². The number of phosphoric acid groups is 2. The molecule has 0 fully saturated rings. The lowest BCUT2D eigenvalue weighted by Crippen LogP contribution is -2.30. The topological polar surface area (TPSA) is 237 Å². The first-order valence-electron chi connectivity index (χ1n) is 38.2. The Morgan fingerprint density at radius 1 is 0.301 bits per heavy atom. The molecule has 0 aliphatic carbocycles. The fourth-order valence-electron chi connectivity index (χ4n) is 11.2. The fourth-order valence-corrected chi connectivity index (χ4v) is 12.7. The molecule has 6 atom stereocenters. The summed E-state index contributed by atoms with van der Waals surface area (Å²) in [4.78, 5) is 72.7. The van der Waals surface area contributed by atoms with Crippen LogP contribution in [0, 0.1) is 23.7 Å². The monoisotopic (exact) mass is 1370 g/mol. The molecule has 19 heteroatoms. The molecule has 0 radical (unpaired) electrons. The van der Waals surface area contributed by atoms with Crippen LogP contribution in [0.4, 0.5) is 0 Å². The third kappa shape index (κ3) is 67.0. The van der Waals surface area contributed by atoms with E-state index in [2.05, 4.69) is 55.4 Å². The minimum atomic E-state index is -4.96. The zero-order chi connectivity index (χ0) is 68.9. The van der Waals surface area contributed by atoms with Gasteiger partial charge < -0.3 is 33.8 Å². The summed E-state index contributed by atoms with van der Waals surface area (Å²) in [5.41, 5.74) is 0. The van der Waals surface area contributed by atoms with E-state index in [1.807, 2.05) is 0 Å². The van der Waals surface area contributed by atoms with Crippen molar-refractivity contribution in [3.8, 4) is 0 Å². The van der Waals surface area contributed by atoms with E-state index in [9.17, 15) is 43.2 Å². The SMILES string of the molecule is CCC(C)CCCCCCCCCCC(=O)O[C@H](COC(=O)CCCCCCCCCCC(C)C)COP(=O)(O)OCC(O)COP(=O)(O)OC[C@@H](COC(=O)CCCCCCCCCCCCCCCCC(C)C)OC(=O)CCCCCCCCCCCCC(C)C. The van der Waals surface area contributed by atoms with Gasteiger partial charge in [-0.25, -0.2) is 9.13 Å². The van der Waals surface area contributed by atoms with Crippen molar-refractivity contribution in [3.05, 3.63) is 0 Å². The number of aliphatic hydroxyl groups is 1. The minimum absolute atomic E-state index is 0.104. The Kier molecular flexibility index (Phi) is 62.2. The Morgan fingerprint density at radius 3 is 0.763 bits per heavy atom. The summed E-state index contributed by atoms with van der Waals surface area (Å²) < 4.78 is 68.4. The van der Waals surface area contributed by atoms with Crippen LogP contribution in [0.15, 0.2) is 0 Å². The molecule has 0 rings (SSSR count). The Hall–Kier alpha value is -1.94. The Labute approximate surface area is 568 Å². The smallest absolute Gasteiger partial charge is 0.462 e. The second-order valence-corrected chi connectivity index (χ2v) is 31.3. The molecule has 3 N–H and O–H groups in total. The van der Waals surface area contributed by atoms with Gasteiger partial charge in [0.1, 0.15) is 19.3 Å². The molecule has 0 bridgehead atoms. The molecule has 0 aromatic carbocycles. The van der Waals surface area contributed by atoms with E-state index < -0.39 is 97.5 Å². The molecule has 552 valence electrons. The van der Waals surface area contributed by atoms with Gasteiger partial charge in [0.2, 0.25) is 0 Å². The molecule has 0 aromatic rings. The summed E-state index contributed by atoms with van der Waals surface area (Å²) in [5, 5.41) is 10.6. The number of esters is 4. The number of hydrogen-bond donors (Lipinski definition) is 3. The van der Waals surface area contributed by atoms with Gasteiger partial charge in [-0.05, 0) is 49.4 Å². The number of phosphoric ester groups is 2. The Morgan fingerprint density at radius 2 is 0.516 bits per heavy atom. The molecule has 4 unspecified atom stereocenters. The number of hydrogen-bond acceptors (Lipinski definition) is 15. The second kappa shape index (κ2) is 63.5. The van der Waals surface area contributed by atoms with E-state index in [0.717, 1.165) is 114 Å². The van der Waals surface area contributed by atoms with E-state index in [4.69, 9.17) is 37.0 Å². The van der Waals surface area contributed by atoms with Crippen molar-refractivity contribution >= 4 is 39.5 Å². The average molecular weight is 1370 g/mol. The van der Waals surface area contributed by atoms with Crippen LogP contribution in [0.25, 0.3) is 0 Å². The van der Waals surface area contributed by atoms with Crippen LogP contribution in [-0.4, -0.2) is 96.7 Å². The first-order valence-corrected chi connectivity index (χ1v) is 41.2. The van der Waals surface area contributed by atoms with Gasteiger partial charge in [0.25, 0.3) is 0 Å². The van der Waals surface area contributed by atoms with E-state index in [1.165, 1.54) is 173 Å². The highest BCUT2D eigenvalue weighted by molar-refractivity contribution is 7.47. The van der Waals surface area contributed by atoms with Crippen LogP contribution in [0.3, 0.4) is 0 Å². The van der Waals surface area contributed by atoms with Gasteiger partial charge >= 0.3 is 39.5 Å². The van der Waals surface area contributed by atoms with Gasteiger partial charge in [0, 0.05) is 25.7 Å². The van der Waals surface area contributed by atoms with Crippen molar-refractivity contribution in [1.82, 2.24) is 0 Å². The lowest BCUT2D eigenvalue weighted by Gasteiger charge is -2.21. The molecule has 0 aliphatic rings. The van der Waals surface area contributed by atoms with Crippen LogP contribution in [0.1, 0.15) is 370 Å². The van der Waals surface area contributed by atoms with Gasteiger partial charge in [-0.3, -0.25) is 37.3 Å². The summed E-state index contributed by atoms with van der Waals surface area (Å²) in [6.45, 7) is 14.2. The first kappa shape index (κ1) is 91.1. The molecule has 93 heavy (non-hydrogen) atoms. The molecule has 0 amide bonds. The normalized spacial score (nSPS) is 14.5. The number of carbonyl (C=O) groups excluding carboxylic acids is 4. The van der Waals surface area contributed by atoms with Gasteiger partial charge in [-0.2, -0.15) is 0 Å². The first-order chi connectivity index (χ1) is 44.6. The largest absolute Gasteiger partial charge is 0.472 e. The number of aliphatic hydroxyl groups excluding tert-OH is 1. The number of unbranched alkanes of at least 4 members (excludes halogenated alkanes) is 36. The average Bonchev–Trinajstić information content (AvgIpc) is 3.34. The van der Waals surface area contributed by atoms with Crippen LogP contribution in [0.5, 0.6) is 0 Å². The van der Waals surface area contributed by atoms with E-state index >= 15 is 0 Å². The Balaban J connectivity index is 5.25. The fraction of sp³-hybridized carbons (Fsp3) is 0.946. The van der Waals surface area contributed by atoms with Crippen molar-refractivity contribution in [1.29, 1.82) is 0 Å². The van der Waals surface area contributed by atoms with Crippen LogP contribution in [0.2, 0.25) is 0 Å². The van der Waals surface area contributed by atoms with Crippen LogP contribution < -0.4 is 0 Å². The van der Waals surface area contributed by atoms with Gasteiger partial charge in [0.05, 0.1) is 26.4 Å². The molecule has 0 heterocycles. The molecular weight excluding hydrogens is 1220 g/mol. The highest BCUT2D eigenvalue weighted by Crippen LogP contribution is 2.45. The maximum absolute atomic E-state index is 13.1. The number of ether oxygens (including phenoxy) is 4. The number of carbonyl (C=O) groups is 4. The summed E-state index contributed by atoms with van der Waals surface area (Å²) >= 11 is 0. The molecule has 0 aliphatic heterocycles. The minimum Gasteiger partial charge on any atom is -0.462 e. The zero-order valence-corrected chi connectivity index (χ0v) is 62.7. The molecule has 0 saturated carbocycles. The lowest BCUT2D eigenvalue weighted by atomic mass is 9.99. The highest BCUT2D eigenvalue weighted by Gasteiger charge is 2.30. The third-order valence-electron chi connectivity index (χ3n) is 17.4. The quantitative estimate of drug-likeness (QED) is 0.0222. The van der Waals surface area contributed by atoms with E-state index in [1.54, 1.807) is 0 Å². The molecular formula is C74H144O17P2. The van der Waals surface area contributed by atoms with Gasteiger partial charge in [-0.15, -0.1) is 0 Å². The highest BCUT2D eigenvalue weighted by atomic mass is 31.2. The lowest BCUT2D eigenvalue weighted by molar-refractivity contribution is -0.161. The summed E-state index contributed by atoms with van der Waals surface area (Å²) in [5.74, 6) is 0.922. The summed E-state index contributed by atoms with van der Waals surface area (Å²) in [6.07, 6.45) is 47.2. The predicted octanol–water partition coefficient (Wildman–Crippen LogP) is 21.3. The van der Waals surface area contributed by atoms with Crippen LogP contribution in [-0.2, 0) is 65.4 Å². The molecule has 17 nitrogen and oxygen atoms in total. The van der Waals surface area contributed by atoms with Gasteiger partial charge in [-0.1, -0.05) is 319 Å². The van der Waals surface area contributed by atoms with Gasteiger partial charge in [0.15, 0.2) is 12.2 Å². The maximum Gasteiger partial charge on any atom is 0.472 e. The molecule has 0 spiro atoms. The summed E-state index contributed by atoms with van der Waals surface area (Å²) in [7, 11) is -9.91. The second-order valence-electron chi connectivity index (χ2n) is 28.4. The van der Waals surface area contributed by atoms with Crippen molar-refractivity contribution in [2.24, 2.45) is 23.7 Å². The van der Waals surface area contributed by atoms with E-state index in [-0.39, 0.29) is 25.7 Å². The predicted molar refractivity (Wildman–Crippen MR) is 377 cm³/mol. The Bertz CT molecular complexity index is 1840. The van der Waals surface area contributed by atoms with Crippen molar-refractivity contribution in [3.63, 3.8) is 0 Å². The zero-order valence-electron chi connectivity index (χ0n) is 60.9. The van der Waals surface area contributed by atoms with Crippen molar-refractivity contribution in [2.75, 3.05) is 39.6 Å². The number of rotatable bonds is 71. The van der Waals surface area contributed by atoms with Crippen molar-refractivity contribution < 1.29 is 80.2 Å². The van der Waals surface area contributed by atoms with E-state index in [0.29, 0.717) is 25.7 Å². The van der Waals surface area contributed by atoms with Crippen molar-refractivity contribution in [2.45, 2.75) is 388 Å². The third-order valence-corrected chi connectivity index (χ3v) is 19.3. The molecule has 0 aromatic heterocycles. The molecule has 0 saturated heterocycles.